The molecule has 3 heteroatoms. The summed E-state index contributed by atoms with van der Waals surface area (Å²) in [4.78, 5) is 5.18. The smallest absolute Gasteiger partial charge is 0.135 e. The Morgan fingerprint density at radius 2 is 2.12 bits per heavy atom. The summed E-state index contributed by atoms with van der Waals surface area (Å²) in [5.74, 6) is 1.95. The third kappa shape index (κ3) is 5.09. The molecule has 0 aromatic heterocycles. The van der Waals surface area contributed by atoms with Crippen molar-refractivity contribution in [1.82, 2.24) is 0 Å². The number of aryl methyl sites for hydroxylation is 1. The minimum atomic E-state index is 0.451. The van der Waals surface area contributed by atoms with E-state index < -0.39 is 0 Å². The van der Waals surface area contributed by atoms with E-state index in [4.69, 9.17) is 4.84 Å². The molecule has 2 nitrogen and oxygen atoms in total. The summed E-state index contributed by atoms with van der Waals surface area (Å²) in [5, 5.41) is 4.18. The van der Waals surface area contributed by atoms with Crippen molar-refractivity contribution in [3.63, 3.8) is 0 Å². The summed E-state index contributed by atoms with van der Waals surface area (Å²) in [6.07, 6.45) is 1.70. The van der Waals surface area contributed by atoms with Crippen molar-refractivity contribution < 1.29 is 4.84 Å². The monoisotopic (exact) mass is 249 g/mol. The highest BCUT2D eigenvalue weighted by Crippen LogP contribution is 2.10. The third-order valence-electron chi connectivity index (χ3n) is 2.19. The Labute approximate surface area is 108 Å². The van der Waals surface area contributed by atoms with Gasteiger partial charge in [0.2, 0.25) is 0 Å². The zero-order chi connectivity index (χ0) is 12.5. The maximum Gasteiger partial charge on any atom is 0.135 e. The highest BCUT2D eigenvalue weighted by Gasteiger charge is 2.04. The molecule has 17 heavy (non-hydrogen) atoms. The van der Waals surface area contributed by atoms with Gasteiger partial charge in [0, 0.05) is 11.3 Å². The van der Waals surface area contributed by atoms with Crippen LogP contribution in [0.4, 0.5) is 0 Å². The van der Waals surface area contributed by atoms with Gasteiger partial charge in [-0.25, -0.2) is 0 Å². The Hall–Kier alpha value is -1.22. The van der Waals surface area contributed by atoms with Crippen molar-refractivity contribution in [2.75, 3.05) is 18.1 Å². The lowest BCUT2D eigenvalue weighted by molar-refractivity contribution is 0.175. The van der Waals surface area contributed by atoms with Gasteiger partial charge in [-0.1, -0.05) is 54.6 Å². The molecule has 0 unspecified atom stereocenters. The minimum Gasteiger partial charge on any atom is -0.391 e. The van der Waals surface area contributed by atoms with Crippen molar-refractivity contribution in [1.29, 1.82) is 0 Å². The number of thioether (sulfide) groups is 1. The fraction of sp³-hybridized carbons (Fsp3) is 0.357. The van der Waals surface area contributed by atoms with E-state index in [0.29, 0.717) is 6.61 Å². The summed E-state index contributed by atoms with van der Waals surface area (Å²) < 4.78 is 0. The highest BCUT2D eigenvalue weighted by molar-refractivity contribution is 7.99. The number of nitrogens with zero attached hydrogens (tertiary/aromatic N) is 1. The summed E-state index contributed by atoms with van der Waals surface area (Å²) in [7, 11) is 0. The molecule has 1 rings (SSSR count). The number of benzene rings is 1. The normalized spacial score (nSPS) is 11.3. The van der Waals surface area contributed by atoms with Crippen molar-refractivity contribution in [3.8, 4) is 0 Å². The van der Waals surface area contributed by atoms with Crippen LogP contribution in [0, 0.1) is 6.92 Å². The Morgan fingerprint density at radius 3 is 2.71 bits per heavy atom. The average Bonchev–Trinajstić information content (AvgIpc) is 2.35. The van der Waals surface area contributed by atoms with E-state index in [0.717, 1.165) is 22.8 Å². The molecule has 0 spiro atoms. The first-order valence-electron chi connectivity index (χ1n) is 5.72. The van der Waals surface area contributed by atoms with Crippen LogP contribution in [0.1, 0.15) is 18.1 Å². The Kier molecular flexibility index (Phi) is 6.48. The van der Waals surface area contributed by atoms with E-state index in [1.807, 2.05) is 11.8 Å². The molecule has 1 aromatic carbocycles. The van der Waals surface area contributed by atoms with E-state index in [1.165, 1.54) is 5.56 Å². The molecule has 0 aliphatic heterocycles. The summed E-state index contributed by atoms with van der Waals surface area (Å²) in [6.45, 7) is 8.27. The second kappa shape index (κ2) is 7.96. The molecule has 1 aromatic rings. The SMILES string of the molecule is C=CCON=C(CSCC)c1ccc(C)cc1. The number of hydrogen-bond acceptors (Lipinski definition) is 3. The molecular weight excluding hydrogens is 230 g/mol. The average molecular weight is 249 g/mol. The lowest BCUT2D eigenvalue weighted by atomic mass is 10.1. The predicted octanol–water partition coefficient (Wildman–Crippen LogP) is 3.65. The second-order valence-corrected chi connectivity index (χ2v) is 4.90. The van der Waals surface area contributed by atoms with Crippen LogP contribution in [0.3, 0.4) is 0 Å². The van der Waals surface area contributed by atoms with E-state index in [9.17, 15) is 0 Å². The second-order valence-electron chi connectivity index (χ2n) is 3.63. The Balaban J connectivity index is 2.77. The first kappa shape index (κ1) is 13.8. The van der Waals surface area contributed by atoms with Gasteiger partial charge in [-0.3, -0.25) is 0 Å². The fourth-order valence-corrected chi connectivity index (χ4v) is 1.89. The Morgan fingerprint density at radius 1 is 1.41 bits per heavy atom. The van der Waals surface area contributed by atoms with Gasteiger partial charge in [-0.05, 0) is 12.7 Å². The number of hydrogen-bond donors (Lipinski definition) is 0. The highest BCUT2D eigenvalue weighted by atomic mass is 32.2. The quantitative estimate of drug-likeness (QED) is 0.318. The molecule has 0 atom stereocenters. The van der Waals surface area contributed by atoms with Crippen LogP contribution < -0.4 is 0 Å². The van der Waals surface area contributed by atoms with Gasteiger partial charge in [0.25, 0.3) is 0 Å². The zero-order valence-electron chi connectivity index (χ0n) is 10.5. The standard InChI is InChI=1S/C14H19NOS/c1-4-10-16-15-14(11-17-5-2)13-8-6-12(3)7-9-13/h4,6-9H,1,5,10-11H2,2-3H3. The van der Waals surface area contributed by atoms with Crippen LogP contribution in [0.5, 0.6) is 0 Å². The topological polar surface area (TPSA) is 21.6 Å². The van der Waals surface area contributed by atoms with E-state index in [-0.39, 0.29) is 0 Å². The summed E-state index contributed by atoms with van der Waals surface area (Å²) >= 11 is 1.84. The summed E-state index contributed by atoms with van der Waals surface area (Å²) in [5.41, 5.74) is 3.36. The molecule has 0 heterocycles. The van der Waals surface area contributed by atoms with Crippen LogP contribution in [-0.4, -0.2) is 23.8 Å². The van der Waals surface area contributed by atoms with Crippen LogP contribution in [-0.2, 0) is 4.84 Å². The maximum absolute atomic E-state index is 5.18. The maximum atomic E-state index is 5.18. The molecule has 0 fully saturated rings. The molecule has 0 aliphatic carbocycles. The van der Waals surface area contributed by atoms with Crippen molar-refractivity contribution >= 4 is 17.5 Å². The third-order valence-corrected chi connectivity index (χ3v) is 3.08. The van der Waals surface area contributed by atoms with Gasteiger partial charge >= 0.3 is 0 Å². The van der Waals surface area contributed by atoms with Gasteiger partial charge in [-0.15, -0.1) is 0 Å². The zero-order valence-corrected chi connectivity index (χ0v) is 11.3. The lowest BCUT2D eigenvalue weighted by Gasteiger charge is -2.06. The number of oxime groups is 1. The summed E-state index contributed by atoms with van der Waals surface area (Å²) in [6, 6.07) is 8.35. The van der Waals surface area contributed by atoms with Gasteiger partial charge < -0.3 is 4.84 Å². The number of rotatable bonds is 7. The molecule has 92 valence electrons. The van der Waals surface area contributed by atoms with E-state index in [1.54, 1.807) is 6.08 Å². The molecule has 0 bridgehead atoms. The van der Waals surface area contributed by atoms with Crippen LogP contribution in [0.2, 0.25) is 0 Å². The van der Waals surface area contributed by atoms with E-state index in [2.05, 4.69) is 49.8 Å². The van der Waals surface area contributed by atoms with Crippen molar-refractivity contribution in [3.05, 3.63) is 48.0 Å². The van der Waals surface area contributed by atoms with Crippen LogP contribution in [0.25, 0.3) is 0 Å². The molecular formula is C14H19NOS. The van der Waals surface area contributed by atoms with E-state index >= 15 is 0 Å². The molecule has 0 radical (unpaired) electrons. The van der Waals surface area contributed by atoms with Crippen molar-refractivity contribution in [2.45, 2.75) is 13.8 Å². The fourth-order valence-electron chi connectivity index (χ4n) is 1.27. The van der Waals surface area contributed by atoms with Gasteiger partial charge in [0.1, 0.15) is 6.61 Å². The first-order valence-corrected chi connectivity index (χ1v) is 6.88. The Bertz CT molecular complexity index is 370. The predicted molar refractivity (Wildman–Crippen MR) is 76.9 cm³/mol. The van der Waals surface area contributed by atoms with Crippen molar-refractivity contribution in [2.24, 2.45) is 5.16 Å². The van der Waals surface area contributed by atoms with Gasteiger partial charge in [0.15, 0.2) is 0 Å². The first-order chi connectivity index (χ1) is 8.27. The minimum absolute atomic E-state index is 0.451. The van der Waals surface area contributed by atoms with Gasteiger partial charge in [-0.2, -0.15) is 11.8 Å². The molecule has 0 saturated heterocycles. The molecule has 0 saturated carbocycles. The molecule has 0 N–H and O–H groups in total. The lowest BCUT2D eigenvalue weighted by Crippen LogP contribution is -2.06. The van der Waals surface area contributed by atoms with Crippen LogP contribution in [0.15, 0.2) is 42.1 Å². The molecule has 0 amide bonds. The van der Waals surface area contributed by atoms with Gasteiger partial charge in [0.05, 0.1) is 5.71 Å². The van der Waals surface area contributed by atoms with Crippen LogP contribution >= 0.6 is 11.8 Å². The largest absolute Gasteiger partial charge is 0.391 e. The molecule has 0 aliphatic rings.